The number of benzene rings is 2. The van der Waals surface area contributed by atoms with Gasteiger partial charge in [0.25, 0.3) is 0 Å². The molecule has 0 radical (unpaired) electrons. The molecule has 2 aliphatic carbocycles. The Kier molecular flexibility index (Phi) is 7.41. The average molecular weight is 528 g/mol. The molecule has 4 aliphatic rings. The summed E-state index contributed by atoms with van der Waals surface area (Å²) >= 11 is 0. The van der Waals surface area contributed by atoms with Crippen LogP contribution in [-0.2, 0) is 14.3 Å². The molecule has 3 fully saturated rings. The smallest absolute Gasteiger partial charge is 0.234 e. The number of carbonyl (C=O) groups excluding carboxylic acids is 2. The van der Waals surface area contributed by atoms with E-state index in [9.17, 15) is 19.8 Å². The van der Waals surface area contributed by atoms with Crippen molar-refractivity contribution >= 4 is 23.5 Å². The minimum absolute atomic E-state index is 0.0191. The Morgan fingerprint density at radius 3 is 2.51 bits per heavy atom. The number of phenolic OH excluding ortho intramolecular Hbond substituents is 1. The molecular weight excluding hydrogens is 490 g/mol. The quantitative estimate of drug-likeness (QED) is 0.288. The predicted octanol–water partition coefficient (Wildman–Crippen LogP) is 5.35. The summed E-state index contributed by atoms with van der Waals surface area (Å²) in [5.41, 5.74) is 5.09. The lowest BCUT2D eigenvalue weighted by atomic mass is 9.69. The summed E-state index contributed by atoms with van der Waals surface area (Å²) in [5, 5.41) is 20.3. The maximum atomic E-state index is 13.7. The highest BCUT2D eigenvalue weighted by atomic mass is 16.5. The fourth-order valence-corrected chi connectivity index (χ4v) is 7.40. The van der Waals surface area contributed by atoms with Crippen molar-refractivity contribution in [2.45, 2.75) is 63.5 Å². The largest absolute Gasteiger partial charge is 0.508 e. The third kappa shape index (κ3) is 4.96. The number of aromatic hydroxyl groups is 1. The molecule has 2 N–H and O–H groups in total. The van der Waals surface area contributed by atoms with E-state index in [0.29, 0.717) is 19.4 Å². The molecule has 2 heterocycles. The van der Waals surface area contributed by atoms with Crippen LogP contribution < -0.4 is 0 Å². The first-order valence-electron chi connectivity index (χ1n) is 14.4. The average Bonchev–Trinajstić information content (AvgIpc) is 3.49. The van der Waals surface area contributed by atoms with Crippen molar-refractivity contribution in [2.24, 2.45) is 17.8 Å². The summed E-state index contributed by atoms with van der Waals surface area (Å²) in [6.07, 6.45) is 8.91. The SMILES string of the molecule is O=C1[C@@H]2[C@@H](CC(CO)=C3[C@@H](CC/C(=C/c4cccc(O)c4)c4ccccc4)OC[C@@H]32)C(=O)N1C1CCCCC1. The van der Waals surface area contributed by atoms with Gasteiger partial charge in [0.15, 0.2) is 0 Å². The molecule has 6 nitrogen and oxygen atoms in total. The standard InChI is InChI=1S/C33H37NO5/c35-19-24-18-27-31(33(38)34(32(27)37)25-11-5-2-6-12-25)28-20-39-29(30(24)28)15-14-23(22-9-3-1-4-10-22)16-21-8-7-13-26(36)17-21/h1,3-4,7-10,13,16-17,25,27-29,31,35-36H,2,5-6,11-12,14-15,18-20H2/b23-16-/t27-,28+,29-,31-/m1/s1. The molecule has 4 atom stereocenters. The van der Waals surface area contributed by atoms with Crippen LogP contribution in [0.15, 0.2) is 65.7 Å². The Labute approximate surface area is 230 Å². The van der Waals surface area contributed by atoms with Crippen molar-refractivity contribution in [3.05, 3.63) is 76.9 Å². The Morgan fingerprint density at radius 1 is 0.974 bits per heavy atom. The lowest BCUT2D eigenvalue weighted by Crippen LogP contribution is -2.42. The van der Waals surface area contributed by atoms with E-state index in [4.69, 9.17) is 4.74 Å². The number of imide groups is 1. The zero-order valence-electron chi connectivity index (χ0n) is 22.3. The van der Waals surface area contributed by atoms with Crippen LogP contribution >= 0.6 is 0 Å². The van der Waals surface area contributed by atoms with Gasteiger partial charge in [0.05, 0.1) is 31.2 Å². The monoisotopic (exact) mass is 527 g/mol. The van der Waals surface area contributed by atoms with Crippen LogP contribution in [0.3, 0.4) is 0 Å². The number of hydrogen-bond donors (Lipinski definition) is 2. The lowest BCUT2D eigenvalue weighted by molar-refractivity contribution is -0.143. The van der Waals surface area contributed by atoms with E-state index in [1.807, 2.05) is 30.3 Å². The first-order chi connectivity index (χ1) is 19.0. The number of phenols is 1. The maximum Gasteiger partial charge on any atom is 0.234 e. The molecule has 2 aromatic rings. The van der Waals surface area contributed by atoms with Gasteiger partial charge in [-0.15, -0.1) is 0 Å². The van der Waals surface area contributed by atoms with Gasteiger partial charge in [-0.3, -0.25) is 14.5 Å². The van der Waals surface area contributed by atoms with Crippen LogP contribution in [0.5, 0.6) is 5.75 Å². The van der Waals surface area contributed by atoms with E-state index < -0.39 is 0 Å². The van der Waals surface area contributed by atoms with E-state index in [1.54, 1.807) is 17.0 Å². The Bertz CT molecular complexity index is 1290. The number of likely N-dealkylation sites (tertiary alicyclic amines) is 1. The molecule has 2 amide bonds. The molecule has 6 heteroatoms. The number of hydrogen-bond acceptors (Lipinski definition) is 5. The van der Waals surface area contributed by atoms with Gasteiger partial charge in [-0.1, -0.05) is 67.8 Å². The molecule has 0 bridgehead atoms. The summed E-state index contributed by atoms with van der Waals surface area (Å²) in [5.74, 6) is -0.712. The Morgan fingerprint density at radius 2 is 1.77 bits per heavy atom. The zero-order chi connectivity index (χ0) is 26.9. The third-order valence-corrected chi connectivity index (χ3v) is 9.20. The number of ether oxygens (including phenoxy) is 1. The van der Waals surface area contributed by atoms with Crippen LogP contribution in [0.2, 0.25) is 0 Å². The lowest BCUT2D eigenvalue weighted by Gasteiger charge is -2.31. The highest BCUT2D eigenvalue weighted by Crippen LogP contribution is 2.50. The molecule has 2 aromatic carbocycles. The van der Waals surface area contributed by atoms with Gasteiger partial charge in [-0.05, 0) is 72.1 Å². The molecule has 204 valence electrons. The van der Waals surface area contributed by atoms with Crippen LogP contribution in [0, 0.1) is 17.8 Å². The second kappa shape index (κ2) is 11.1. The molecule has 1 saturated carbocycles. The molecule has 0 spiro atoms. The van der Waals surface area contributed by atoms with E-state index in [1.165, 1.54) is 6.42 Å². The molecule has 0 aromatic heterocycles. The number of aliphatic hydroxyl groups is 1. The van der Waals surface area contributed by atoms with Crippen molar-refractivity contribution in [3.8, 4) is 5.75 Å². The van der Waals surface area contributed by atoms with Gasteiger partial charge in [-0.25, -0.2) is 0 Å². The summed E-state index contributed by atoms with van der Waals surface area (Å²) in [6, 6.07) is 17.4. The highest BCUT2D eigenvalue weighted by Gasteiger charge is 2.58. The van der Waals surface area contributed by atoms with Gasteiger partial charge < -0.3 is 14.9 Å². The normalized spacial score (nSPS) is 27.7. The molecule has 6 rings (SSSR count). The van der Waals surface area contributed by atoms with Crippen molar-refractivity contribution in [3.63, 3.8) is 0 Å². The van der Waals surface area contributed by atoms with Crippen molar-refractivity contribution < 1.29 is 24.5 Å². The van der Waals surface area contributed by atoms with E-state index in [-0.39, 0.29) is 54.1 Å². The van der Waals surface area contributed by atoms with Crippen molar-refractivity contribution in [1.82, 2.24) is 4.90 Å². The second-order valence-corrected chi connectivity index (χ2v) is 11.5. The molecule has 39 heavy (non-hydrogen) atoms. The molecule has 2 saturated heterocycles. The predicted molar refractivity (Wildman–Crippen MR) is 149 cm³/mol. The van der Waals surface area contributed by atoms with Crippen LogP contribution in [0.1, 0.15) is 62.5 Å². The molecular formula is C33H37NO5. The van der Waals surface area contributed by atoms with Gasteiger partial charge in [0.1, 0.15) is 5.75 Å². The first-order valence-corrected chi connectivity index (χ1v) is 14.4. The van der Waals surface area contributed by atoms with Crippen molar-refractivity contribution in [2.75, 3.05) is 13.2 Å². The first kappa shape index (κ1) is 26.0. The fourth-order valence-electron chi connectivity index (χ4n) is 7.40. The second-order valence-electron chi connectivity index (χ2n) is 11.5. The van der Waals surface area contributed by atoms with Gasteiger partial charge in [0.2, 0.25) is 11.8 Å². The third-order valence-electron chi connectivity index (χ3n) is 9.20. The van der Waals surface area contributed by atoms with Gasteiger partial charge in [0, 0.05) is 12.0 Å². The van der Waals surface area contributed by atoms with Crippen LogP contribution in [0.25, 0.3) is 11.6 Å². The number of carbonyl (C=O) groups is 2. The maximum absolute atomic E-state index is 13.7. The number of allylic oxidation sites excluding steroid dienone is 1. The zero-order valence-corrected chi connectivity index (χ0v) is 22.3. The summed E-state index contributed by atoms with van der Waals surface area (Å²) in [6.45, 7) is 0.309. The van der Waals surface area contributed by atoms with Crippen molar-refractivity contribution in [1.29, 1.82) is 0 Å². The van der Waals surface area contributed by atoms with Crippen LogP contribution in [-0.4, -0.2) is 52.3 Å². The van der Waals surface area contributed by atoms with Gasteiger partial charge >= 0.3 is 0 Å². The Balaban J connectivity index is 1.24. The number of nitrogens with zero attached hydrogens (tertiary/aromatic N) is 1. The number of amides is 2. The highest BCUT2D eigenvalue weighted by molar-refractivity contribution is 6.06. The number of rotatable bonds is 7. The van der Waals surface area contributed by atoms with E-state index >= 15 is 0 Å². The van der Waals surface area contributed by atoms with Gasteiger partial charge in [-0.2, -0.15) is 0 Å². The van der Waals surface area contributed by atoms with E-state index in [2.05, 4.69) is 18.2 Å². The van der Waals surface area contributed by atoms with E-state index in [0.717, 1.165) is 60.0 Å². The molecule has 0 unspecified atom stereocenters. The number of aliphatic hydroxyl groups excluding tert-OH is 1. The number of fused-ring (bicyclic) bond motifs is 3. The minimum Gasteiger partial charge on any atom is -0.508 e. The minimum atomic E-state index is -0.372. The summed E-state index contributed by atoms with van der Waals surface area (Å²) in [4.78, 5) is 28.8. The Hall–Kier alpha value is -3.22. The topological polar surface area (TPSA) is 87.1 Å². The van der Waals surface area contributed by atoms with Crippen LogP contribution in [0.4, 0.5) is 0 Å². The summed E-state index contributed by atoms with van der Waals surface area (Å²) < 4.78 is 6.34. The summed E-state index contributed by atoms with van der Waals surface area (Å²) in [7, 11) is 0. The molecule has 2 aliphatic heterocycles. The fraction of sp³-hybridized carbons (Fsp3) is 0.455.